The molecule has 0 spiro atoms. The summed E-state index contributed by atoms with van der Waals surface area (Å²) >= 11 is 3.23. The monoisotopic (exact) mass is 294 g/mol. The van der Waals surface area contributed by atoms with Crippen LogP contribution < -0.4 is 5.73 Å². The molecule has 0 aliphatic rings. The van der Waals surface area contributed by atoms with E-state index in [0.29, 0.717) is 24.2 Å². The van der Waals surface area contributed by atoms with Gasteiger partial charge in [-0.25, -0.2) is 9.37 Å². The zero-order valence-corrected chi connectivity index (χ0v) is 10.7. The number of nitrogens with zero attached hydrogens (tertiary/aromatic N) is 1. The predicted octanol–water partition coefficient (Wildman–Crippen LogP) is 3.35. The zero-order chi connectivity index (χ0) is 12.3. The third-order valence-electron chi connectivity index (χ3n) is 2.60. The van der Waals surface area contributed by atoms with Crippen LogP contribution in [0.2, 0.25) is 0 Å². The highest BCUT2D eigenvalue weighted by atomic mass is 79.9. The summed E-state index contributed by atoms with van der Waals surface area (Å²) in [6, 6.07) is 8.85. The van der Waals surface area contributed by atoms with Crippen molar-refractivity contribution in [1.82, 2.24) is 4.98 Å². The second-order valence-electron chi connectivity index (χ2n) is 3.78. The minimum absolute atomic E-state index is 0.193. The number of aryl methyl sites for hydroxylation is 2. The summed E-state index contributed by atoms with van der Waals surface area (Å²) in [7, 11) is 0. The topological polar surface area (TPSA) is 38.9 Å². The van der Waals surface area contributed by atoms with Gasteiger partial charge in [-0.2, -0.15) is 0 Å². The molecule has 2 nitrogen and oxygen atoms in total. The van der Waals surface area contributed by atoms with Gasteiger partial charge in [-0.3, -0.25) is 0 Å². The van der Waals surface area contributed by atoms with Crippen molar-refractivity contribution < 1.29 is 4.39 Å². The molecule has 0 saturated carbocycles. The Morgan fingerprint density at radius 1 is 1.18 bits per heavy atom. The van der Waals surface area contributed by atoms with E-state index in [-0.39, 0.29) is 5.82 Å². The largest absolute Gasteiger partial charge is 0.383 e. The van der Waals surface area contributed by atoms with Gasteiger partial charge in [-0.1, -0.05) is 28.1 Å². The van der Waals surface area contributed by atoms with Gasteiger partial charge in [0.15, 0.2) is 0 Å². The Morgan fingerprint density at radius 2 is 1.94 bits per heavy atom. The van der Waals surface area contributed by atoms with Crippen molar-refractivity contribution in [1.29, 1.82) is 0 Å². The lowest BCUT2D eigenvalue weighted by atomic mass is 10.0. The van der Waals surface area contributed by atoms with Crippen molar-refractivity contribution in [2.75, 3.05) is 5.73 Å². The van der Waals surface area contributed by atoms with E-state index in [9.17, 15) is 4.39 Å². The van der Waals surface area contributed by atoms with Gasteiger partial charge in [0.25, 0.3) is 0 Å². The van der Waals surface area contributed by atoms with Crippen molar-refractivity contribution in [2.45, 2.75) is 12.8 Å². The lowest BCUT2D eigenvalue weighted by Gasteiger charge is -2.05. The fourth-order valence-corrected chi connectivity index (χ4v) is 1.99. The van der Waals surface area contributed by atoms with Crippen molar-refractivity contribution in [3.8, 4) is 0 Å². The molecule has 1 heterocycles. The Labute approximate surface area is 108 Å². The number of anilines is 1. The summed E-state index contributed by atoms with van der Waals surface area (Å²) in [6.07, 6.45) is 2.96. The van der Waals surface area contributed by atoms with Gasteiger partial charge in [0.05, 0.1) is 0 Å². The minimum atomic E-state index is -0.193. The molecule has 0 fully saturated rings. The third-order valence-corrected chi connectivity index (χ3v) is 3.10. The van der Waals surface area contributed by atoms with Gasteiger partial charge >= 0.3 is 0 Å². The summed E-state index contributed by atoms with van der Waals surface area (Å²) in [5.74, 6) is 0.326. The fraction of sp³-hybridized carbons (Fsp3) is 0.154. The summed E-state index contributed by atoms with van der Waals surface area (Å²) in [6.45, 7) is 0. The average molecular weight is 295 g/mol. The molecule has 1 aromatic heterocycles. The molecule has 0 aliphatic heterocycles. The van der Waals surface area contributed by atoms with E-state index >= 15 is 0 Å². The number of nitrogens with two attached hydrogens (primary N) is 1. The van der Waals surface area contributed by atoms with Crippen LogP contribution in [0.15, 0.2) is 41.0 Å². The molecule has 17 heavy (non-hydrogen) atoms. The molecule has 0 aliphatic carbocycles. The molecule has 0 bridgehead atoms. The highest BCUT2D eigenvalue weighted by Crippen LogP contribution is 2.18. The van der Waals surface area contributed by atoms with Gasteiger partial charge in [0, 0.05) is 10.7 Å². The zero-order valence-electron chi connectivity index (χ0n) is 9.16. The minimum Gasteiger partial charge on any atom is -0.383 e. The van der Waals surface area contributed by atoms with Gasteiger partial charge in [0.1, 0.15) is 11.6 Å². The first kappa shape index (κ1) is 12.0. The highest BCUT2D eigenvalue weighted by molar-refractivity contribution is 9.10. The van der Waals surface area contributed by atoms with Crippen molar-refractivity contribution in [2.24, 2.45) is 0 Å². The lowest BCUT2D eigenvalue weighted by Crippen LogP contribution is -2.00. The van der Waals surface area contributed by atoms with Crippen molar-refractivity contribution in [3.63, 3.8) is 0 Å². The Hall–Kier alpha value is -1.42. The van der Waals surface area contributed by atoms with Gasteiger partial charge in [-0.15, -0.1) is 0 Å². The summed E-state index contributed by atoms with van der Waals surface area (Å²) < 4.78 is 14.3. The summed E-state index contributed by atoms with van der Waals surface area (Å²) in [5.41, 5.74) is 7.38. The molecule has 0 unspecified atom stereocenters. The van der Waals surface area contributed by atoms with E-state index in [1.165, 1.54) is 6.07 Å². The number of halogens is 2. The molecular formula is C13H12BrFN2. The molecule has 1 aromatic carbocycles. The highest BCUT2D eigenvalue weighted by Gasteiger charge is 2.05. The summed E-state index contributed by atoms with van der Waals surface area (Å²) in [4.78, 5) is 4.00. The maximum Gasteiger partial charge on any atom is 0.127 e. The van der Waals surface area contributed by atoms with Crippen LogP contribution in [0.5, 0.6) is 0 Å². The third kappa shape index (κ3) is 3.03. The molecule has 0 saturated heterocycles. The van der Waals surface area contributed by atoms with E-state index in [1.54, 1.807) is 12.3 Å². The van der Waals surface area contributed by atoms with E-state index in [1.807, 2.05) is 18.2 Å². The first-order valence-electron chi connectivity index (χ1n) is 5.30. The Bertz CT molecular complexity index is 529. The number of pyridine rings is 1. The van der Waals surface area contributed by atoms with E-state index in [4.69, 9.17) is 5.73 Å². The van der Waals surface area contributed by atoms with Crippen LogP contribution in [0.4, 0.5) is 10.2 Å². The first-order valence-corrected chi connectivity index (χ1v) is 6.09. The van der Waals surface area contributed by atoms with Crippen LogP contribution in [0.25, 0.3) is 0 Å². The van der Waals surface area contributed by atoms with Gasteiger partial charge < -0.3 is 5.73 Å². The van der Waals surface area contributed by atoms with E-state index < -0.39 is 0 Å². The molecule has 2 aromatic rings. The second kappa shape index (κ2) is 5.27. The van der Waals surface area contributed by atoms with E-state index in [0.717, 1.165) is 10.0 Å². The molecule has 88 valence electrons. The Kier molecular flexibility index (Phi) is 3.74. The Morgan fingerprint density at radius 3 is 2.65 bits per heavy atom. The number of hydrogen-bond acceptors (Lipinski definition) is 2. The number of nitrogen functional groups attached to an aromatic ring is 1. The second-order valence-corrected chi connectivity index (χ2v) is 4.70. The number of benzene rings is 1. The normalized spacial score (nSPS) is 10.5. The van der Waals surface area contributed by atoms with Gasteiger partial charge in [-0.05, 0) is 42.2 Å². The van der Waals surface area contributed by atoms with Crippen LogP contribution in [0.1, 0.15) is 11.1 Å². The molecule has 0 radical (unpaired) electrons. The van der Waals surface area contributed by atoms with Gasteiger partial charge in [0.2, 0.25) is 0 Å². The van der Waals surface area contributed by atoms with Crippen molar-refractivity contribution >= 4 is 21.7 Å². The first-order chi connectivity index (χ1) is 8.16. The molecule has 0 amide bonds. The SMILES string of the molecule is Nc1ncccc1CCc1ccc(Br)cc1F. The van der Waals surface area contributed by atoms with Crippen LogP contribution >= 0.6 is 15.9 Å². The maximum absolute atomic E-state index is 13.6. The average Bonchev–Trinajstić information content (AvgIpc) is 2.30. The van der Waals surface area contributed by atoms with E-state index in [2.05, 4.69) is 20.9 Å². The van der Waals surface area contributed by atoms with Crippen LogP contribution in [0.3, 0.4) is 0 Å². The lowest BCUT2D eigenvalue weighted by molar-refractivity contribution is 0.608. The maximum atomic E-state index is 13.6. The van der Waals surface area contributed by atoms with Crippen LogP contribution in [-0.2, 0) is 12.8 Å². The number of aromatic nitrogens is 1. The standard InChI is InChI=1S/C13H12BrFN2/c14-11-6-5-9(12(15)8-11)3-4-10-2-1-7-17-13(10)16/h1-2,5-8H,3-4H2,(H2,16,17). The summed E-state index contributed by atoms with van der Waals surface area (Å²) in [5, 5.41) is 0. The predicted molar refractivity (Wildman–Crippen MR) is 70.2 cm³/mol. The molecular weight excluding hydrogens is 283 g/mol. The molecule has 0 atom stereocenters. The fourth-order valence-electron chi connectivity index (χ4n) is 1.66. The number of hydrogen-bond donors (Lipinski definition) is 1. The Balaban J connectivity index is 2.10. The molecule has 2 N–H and O–H groups in total. The van der Waals surface area contributed by atoms with Crippen molar-refractivity contribution in [3.05, 3.63) is 57.9 Å². The molecule has 4 heteroatoms. The van der Waals surface area contributed by atoms with Crippen LogP contribution in [0, 0.1) is 5.82 Å². The molecule has 2 rings (SSSR count). The number of rotatable bonds is 3. The van der Waals surface area contributed by atoms with Crippen LogP contribution in [-0.4, -0.2) is 4.98 Å². The quantitative estimate of drug-likeness (QED) is 0.943. The smallest absolute Gasteiger partial charge is 0.127 e.